The molecule has 1 rings (SSSR count). The van der Waals surface area contributed by atoms with E-state index in [0.29, 0.717) is 5.41 Å². The van der Waals surface area contributed by atoms with Gasteiger partial charge in [-0.1, -0.05) is 33.8 Å². The Morgan fingerprint density at radius 3 is 2.50 bits per heavy atom. The Labute approximate surface area is 129 Å². The molecule has 0 saturated heterocycles. The van der Waals surface area contributed by atoms with Crippen LogP contribution < -0.4 is 5.32 Å². The molecule has 0 atom stereocenters. The maximum atomic E-state index is 3.67. The number of hydrogen-bond acceptors (Lipinski definition) is 3. The lowest BCUT2D eigenvalue weighted by Crippen LogP contribution is -2.43. The van der Waals surface area contributed by atoms with Crippen LogP contribution in [-0.2, 0) is 6.54 Å². The third kappa shape index (κ3) is 5.94. The van der Waals surface area contributed by atoms with Crippen LogP contribution in [0.4, 0.5) is 0 Å². The van der Waals surface area contributed by atoms with E-state index in [2.05, 4.69) is 62.5 Å². The molecule has 116 valence electrons. The topological polar surface area (TPSA) is 15.3 Å². The van der Waals surface area contributed by atoms with Gasteiger partial charge in [0, 0.05) is 24.5 Å². The van der Waals surface area contributed by atoms with Gasteiger partial charge >= 0.3 is 0 Å². The largest absolute Gasteiger partial charge is 0.316 e. The van der Waals surface area contributed by atoms with Crippen LogP contribution in [0.1, 0.15) is 45.4 Å². The number of hydrogen-bond donors (Lipinski definition) is 1. The second-order valence-electron chi connectivity index (χ2n) is 6.48. The standard InChI is InChI=1S/C17H32N2S/c1-6-17(7-2,13-18-11-15(3)4)14-19(5)12-16-9-8-10-20-16/h8-10,15,18H,6-7,11-14H2,1-5H3. The van der Waals surface area contributed by atoms with E-state index < -0.39 is 0 Å². The van der Waals surface area contributed by atoms with Crippen molar-refractivity contribution in [1.82, 2.24) is 10.2 Å². The Balaban J connectivity index is 2.51. The van der Waals surface area contributed by atoms with Gasteiger partial charge in [0.2, 0.25) is 0 Å². The summed E-state index contributed by atoms with van der Waals surface area (Å²) in [6.07, 6.45) is 2.48. The van der Waals surface area contributed by atoms with Gasteiger partial charge in [0.1, 0.15) is 0 Å². The van der Waals surface area contributed by atoms with E-state index in [1.807, 2.05) is 11.3 Å². The maximum Gasteiger partial charge on any atom is 0.0325 e. The van der Waals surface area contributed by atoms with Crippen LogP contribution in [0.3, 0.4) is 0 Å². The summed E-state index contributed by atoms with van der Waals surface area (Å²) in [5.41, 5.74) is 0.404. The van der Waals surface area contributed by atoms with Gasteiger partial charge in [0.05, 0.1) is 0 Å². The average molecular weight is 297 g/mol. The normalized spacial score (nSPS) is 12.6. The van der Waals surface area contributed by atoms with Crippen molar-refractivity contribution in [1.29, 1.82) is 0 Å². The Morgan fingerprint density at radius 2 is 2.00 bits per heavy atom. The first-order valence-electron chi connectivity index (χ1n) is 7.93. The summed E-state index contributed by atoms with van der Waals surface area (Å²) < 4.78 is 0. The molecule has 3 heteroatoms. The van der Waals surface area contributed by atoms with Gasteiger partial charge in [-0.25, -0.2) is 0 Å². The molecule has 1 aromatic heterocycles. The molecule has 0 fully saturated rings. The lowest BCUT2D eigenvalue weighted by molar-refractivity contribution is 0.150. The zero-order valence-electron chi connectivity index (χ0n) is 13.9. The highest BCUT2D eigenvalue weighted by Crippen LogP contribution is 2.27. The van der Waals surface area contributed by atoms with E-state index in [0.717, 1.165) is 25.6 Å². The summed E-state index contributed by atoms with van der Waals surface area (Å²) in [7, 11) is 2.25. The molecule has 0 bridgehead atoms. The van der Waals surface area contributed by atoms with Gasteiger partial charge in [0.15, 0.2) is 0 Å². The molecule has 0 spiro atoms. The van der Waals surface area contributed by atoms with E-state index in [1.165, 1.54) is 24.3 Å². The Bertz CT molecular complexity index is 342. The van der Waals surface area contributed by atoms with Crippen molar-refractivity contribution in [2.24, 2.45) is 11.3 Å². The quantitative estimate of drug-likeness (QED) is 0.695. The molecule has 0 aromatic carbocycles. The van der Waals surface area contributed by atoms with Crippen molar-refractivity contribution in [2.75, 3.05) is 26.7 Å². The van der Waals surface area contributed by atoms with Gasteiger partial charge in [0.25, 0.3) is 0 Å². The van der Waals surface area contributed by atoms with Crippen molar-refractivity contribution in [3.05, 3.63) is 22.4 Å². The van der Waals surface area contributed by atoms with E-state index in [1.54, 1.807) is 0 Å². The van der Waals surface area contributed by atoms with Crippen LogP contribution >= 0.6 is 11.3 Å². The first-order chi connectivity index (χ1) is 9.51. The monoisotopic (exact) mass is 296 g/mol. The molecular formula is C17H32N2S. The highest BCUT2D eigenvalue weighted by Gasteiger charge is 2.27. The van der Waals surface area contributed by atoms with Gasteiger partial charge in [-0.05, 0) is 49.2 Å². The molecule has 0 radical (unpaired) electrons. The highest BCUT2D eigenvalue weighted by atomic mass is 32.1. The molecule has 0 saturated carbocycles. The molecule has 1 heterocycles. The second-order valence-corrected chi connectivity index (χ2v) is 7.52. The number of nitrogens with zero attached hydrogens (tertiary/aromatic N) is 1. The molecule has 2 nitrogen and oxygen atoms in total. The maximum absolute atomic E-state index is 3.67. The van der Waals surface area contributed by atoms with Gasteiger partial charge in [-0.2, -0.15) is 0 Å². The summed E-state index contributed by atoms with van der Waals surface area (Å²) in [6, 6.07) is 4.38. The molecule has 0 aliphatic rings. The minimum Gasteiger partial charge on any atom is -0.316 e. The summed E-state index contributed by atoms with van der Waals surface area (Å²) in [5.74, 6) is 0.727. The predicted molar refractivity (Wildman–Crippen MR) is 91.4 cm³/mol. The van der Waals surface area contributed by atoms with Crippen LogP contribution in [0, 0.1) is 11.3 Å². The minimum absolute atomic E-state index is 0.404. The first-order valence-corrected chi connectivity index (χ1v) is 8.81. The molecule has 20 heavy (non-hydrogen) atoms. The van der Waals surface area contributed by atoms with Crippen LogP contribution in [-0.4, -0.2) is 31.6 Å². The van der Waals surface area contributed by atoms with Crippen molar-refractivity contribution in [3.63, 3.8) is 0 Å². The average Bonchev–Trinajstić information content (AvgIpc) is 2.89. The van der Waals surface area contributed by atoms with Crippen molar-refractivity contribution in [2.45, 2.75) is 47.1 Å². The van der Waals surface area contributed by atoms with Gasteiger partial charge in [-0.3, -0.25) is 0 Å². The summed E-state index contributed by atoms with van der Waals surface area (Å²) >= 11 is 1.86. The van der Waals surface area contributed by atoms with E-state index in [9.17, 15) is 0 Å². The van der Waals surface area contributed by atoms with Crippen LogP contribution in [0.25, 0.3) is 0 Å². The fourth-order valence-electron chi connectivity index (χ4n) is 2.70. The molecule has 0 aliphatic heterocycles. The molecule has 0 aliphatic carbocycles. The fraction of sp³-hybridized carbons (Fsp3) is 0.765. The molecule has 1 aromatic rings. The molecule has 0 unspecified atom stereocenters. The second kappa shape index (κ2) is 8.81. The van der Waals surface area contributed by atoms with Gasteiger partial charge in [-0.15, -0.1) is 11.3 Å². The third-order valence-corrected chi connectivity index (χ3v) is 5.02. The van der Waals surface area contributed by atoms with Crippen molar-refractivity contribution in [3.8, 4) is 0 Å². The summed E-state index contributed by atoms with van der Waals surface area (Å²) in [4.78, 5) is 3.94. The Kier molecular flexibility index (Phi) is 7.78. The van der Waals surface area contributed by atoms with E-state index >= 15 is 0 Å². The SMILES string of the molecule is CCC(CC)(CNCC(C)C)CN(C)Cc1cccs1. The third-order valence-electron chi connectivity index (χ3n) is 4.16. The molecule has 0 amide bonds. The van der Waals surface area contributed by atoms with Crippen molar-refractivity contribution >= 4 is 11.3 Å². The minimum atomic E-state index is 0.404. The zero-order chi connectivity index (χ0) is 15.0. The smallest absolute Gasteiger partial charge is 0.0325 e. The zero-order valence-corrected chi connectivity index (χ0v) is 14.7. The van der Waals surface area contributed by atoms with Crippen LogP contribution in [0.5, 0.6) is 0 Å². The van der Waals surface area contributed by atoms with Crippen LogP contribution in [0.15, 0.2) is 17.5 Å². The first kappa shape index (κ1) is 17.7. The predicted octanol–water partition coefficient (Wildman–Crippen LogP) is 4.23. The Hall–Kier alpha value is -0.380. The summed E-state index contributed by atoms with van der Waals surface area (Å²) in [5, 5.41) is 5.83. The lowest BCUT2D eigenvalue weighted by atomic mass is 9.81. The number of thiophene rings is 1. The molecular weight excluding hydrogens is 264 g/mol. The Morgan fingerprint density at radius 1 is 1.30 bits per heavy atom. The number of rotatable bonds is 10. The van der Waals surface area contributed by atoms with Gasteiger partial charge < -0.3 is 10.2 Å². The van der Waals surface area contributed by atoms with Crippen molar-refractivity contribution < 1.29 is 0 Å². The van der Waals surface area contributed by atoms with E-state index in [4.69, 9.17) is 0 Å². The van der Waals surface area contributed by atoms with E-state index in [-0.39, 0.29) is 0 Å². The lowest BCUT2D eigenvalue weighted by Gasteiger charge is -2.36. The highest BCUT2D eigenvalue weighted by molar-refractivity contribution is 7.09. The summed E-state index contributed by atoms with van der Waals surface area (Å²) in [6.45, 7) is 13.7. The number of nitrogens with one attached hydrogen (secondary N) is 1. The molecule has 1 N–H and O–H groups in total. The van der Waals surface area contributed by atoms with Crippen LogP contribution in [0.2, 0.25) is 0 Å². The fourth-order valence-corrected chi connectivity index (χ4v) is 3.49.